The van der Waals surface area contributed by atoms with Crippen molar-refractivity contribution in [2.45, 2.75) is 76.9 Å². The summed E-state index contributed by atoms with van der Waals surface area (Å²) in [5.74, 6) is -0.131. The molecule has 1 fully saturated rings. The molecule has 1 aliphatic carbocycles. The van der Waals surface area contributed by atoms with Gasteiger partial charge in [-0.05, 0) is 42.5 Å². The zero-order valence-corrected chi connectivity index (χ0v) is 20.2. The highest BCUT2D eigenvalue weighted by Crippen LogP contribution is 2.25. The molecular formula is C26H32Cl2N2O2. The van der Waals surface area contributed by atoms with E-state index in [9.17, 15) is 9.59 Å². The van der Waals surface area contributed by atoms with Crippen LogP contribution in [0.1, 0.15) is 63.0 Å². The predicted molar refractivity (Wildman–Crippen MR) is 131 cm³/mol. The topological polar surface area (TPSA) is 49.4 Å². The molecule has 2 aromatic carbocycles. The summed E-state index contributed by atoms with van der Waals surface area (Å²) < 4.78 is 0. The monoisotopic (exact) mass is 474 g/mol. The third-order valence-electron chi connectivity index (χ3n) is 6.04. The van der Waals surface area contributed by atoms with Crippen LogP contribution in [0.3, 0.4) is 0 Å². The van der Waals surface area contributed by atoms with Gasteiger partial charge >= 0.3 is 0 Å². The van der Waals surface area contributed by atoms with Crippen LogP contribution in [-0.2, 0) is 22.6 Å². The Labute approximate surface area is 201 Å². The Kier molecular flexibility index (Phi) is 9.43. The zero-order valence-electron chi connectivity index (χ0n) is 18.7. The number of benzene rings is 2. The summed E-state index contributed by atoms with van der Waals surface area (Å²) >= 11 is 12.5. The molecule has 32 heavy (non-hydrogen) atoms. The molecule has 0 radical (unpaired) electrons. The Hall–Kier alpha value is -2.04. The van der Waals surface area contributed by atoms with Crippen LogP contribution in [0.25, 0.3) is 0 Å². The third-order valence-corrected chi connectivity index (χ3v) is 6.63. The van der Waals surface area contributed by atoms with Crippen molar-refractivity contribution >= 4 is 35.0 Å². The number of nitrogens with one attached hydrogen (secondary N) is 1. The van der Waals surface area contributed by atoms with Crippen molar-refractivity contribution in [2.75, 3.05) is 0 Å². The largest absolute Gasteiger partial charge is 0.352 e. The molecule has 1 saturated carbocycles. The summed E-state index contributed by atoms with van der Waals surface area (Å²) in [6.45, 7) is 2.24. The first kappa shape index (κ1) is 24.6. The highest BCUT2D eigenvalue weighted by Gasteiger charge is 2.31. The SMILES string of the molecule is CCCC(=O)N(Cc1ccc(Cl)cc1Cl)[C@@H](Cc1ccccc1)C(=O)NC1CCCCC1. The van der Waals surface area contributed by atoms with E-state index < -0.39 is 6.04 Å². The summed E-state index contributed by atoms with van der Waals surface area (Å²) in [5, 5.41) is 4.28. The predicted octanol–water partition coefficient (Wildman–Crippen LogP) is 6.18. The number of rotatable bonds is 9. The van der Waals surface area contributed by atoms with Gasteiger partial charge in [0, 0.05) is 35.5 Å². The fraction of sp³-hybridized carbons (Fsp3) is 0.462. The first-order valence-corrected chi connectivity index (χ1v) is 12.3. The van der Waals surface area contributed by atoms with Crippen molar-refractivity contribution in [1.82, 2.24) is 10.2 Å². The van der Waals surface area contributed by atoms with E-state index in [1.807, 2.05) is 43.3 Å². The first-order valence-electron chi connectivity index (χ1n) is 11.6. The van der Waals surface area contributed by atoms with Crippen molar-refractivity contribution in [1.29, 1.82) is 0 Å². The van der Waals surface area contributed by atoms with Crippen molar-refractivity contribution in [3.63, 3.8) is 0 Å². The maximum absolute atomic E-state index is 13.5. The second kappa shape index (κ2) is 12.3. The fourth-order valence-electron chi connectivity index (χ4n) is 4.29. The molecule has 3 rings (SSSR count). The molecule has 172 valence electrons. The molecule has 4 nitrogen and oxygen atoms in total. The number of halogens is 2. The minimum Gasteiger partial charge on any atom is -0.352 e. The molecule has 2 amide bonds. The first-order chi connectivity index (χ1) is 15.5. The number of hydrogen-bond acceptors (Lipinski definition) is 2. The standard InChI is InChI=1S/C26H32Cl2N2O2/c1-2-9-25(31)30(18-20-14-15-21(27)17-23(20)28)24(16-19-10-5-3-6-11-19)26(32)29-22-12-7-4-8-13-22/h3,5-6,10-11,14-15,17,22,24H,2,4,7-9,12-13,16,18H2,1H3,(H,29,32)/t24-/m0/s1. The number of amides is 2. The molecule has 0 aliphatic heterocycles. The van der Waals surface area contributed by atoms with E-state index in [4.69, 9.17) is 23.2 Å². The van der Waals surface area contributed by atoms with Crippen LogP contribution in [0.4, 0.5) is 0 Å². The average Bonchev–Trinajstić information content (AvgIpc) is 2.79. The molecule has 6 heteroatoms. The van der Waals surface area contributed by atoms with Gasteiger partial charge in [-0.3, -0.25) is 9.59 Å². The number of nitrogens with zero attached hydrogens (tertiary/aromatic N) is 1. The third kappa shape index (κ3) is 6.98. The average molecular weight is 475 g/mol. The summed E-state index contributed by atoms with van der Waals surface area (Å²) in [5.41, 5.74) is 1.80. The second-order valence-corrected chi connectivity index (χ2v) is 9.40. The maximum atomic E-state index is 13.5. The Morgan fingerprint density at radius 3 is 2.44 bits per heavy atom. The molecule has 1 aliphatic rings. The zero-order chi connectivity index (χ0) is 22.9. The molecule has 1 atom stereocenters. The smallest absolute Gasteiger partial charge is 0.243 e. The van der Waals surface area contributed by atoms with Gasteiger partial charge in [-0.2, -0.15) is 0 Å². The lowest BCUT2D eigenvalue weighted by atomic mass is 9.94. The van der Waals surface area contributed by atoms with Crippen LogP contribution < -0.4 is 5.32 Å². The van der Waals surface area contributed by atoms with Crippen molar-refractivity contribution in [3.8, 4) is 0 Å². The summed E-state index contributed by atoms with van der Waals surface area (Å²) in [4.78, 5) is 28.5. The van der Waals surface area contributed by atoms with E-state index in [1.54, 1.807) is 17.0 Å². The molecule has 0 unspecified atom stereocenters. The van der Waals surface area contributed by atoms with E-state index in [1.165, 1.54) is 6.42 Å². The van der Waals surface area contributed by atoms with Gasteiger partial charge in [0.2, 0.25) is 11.8 Å². The molecule has 0 heterocycles. The molecule has 0 spiro atoms. The van der Waals surface area contributed by atoms with Gasteiger partial charge in [-0.1, -0.05) is 85.8 Å². The van der Waals surface area contributed by atoms with Crippen LogP contribution in [0.15, 0.2) is 48.5 Å². The maximum Gasteiger partial charge on any atom is 0.243 e. The van der Waals surface area contributed by atoms with E-state index in [2.05, 4.69) is 5.32 Å². The molecule has 0 bridgehead atoms. The van der Waals surface area contributed by atoms with Crippen LogP contribution >= 0.6 is 23.2 Å². The van der Waals surface area contributed by atoms with Gasteiger partial charge in [0.15, 0.2) is 0 Å². The molecule has 0 aromatic heterocycles. The van der Waals surface area contributed by atoms with Gasteiger partial charge < -0.3 is 10.2 Å². The molecular weight excluding hydrogens is 443 g/mol. The van der Waals surface area contributed by atoms with Crippen LogP contribution in [0, 0.1) is 0 Å². The lowest BCUT2D eigenvalue weighted by molar-refractivity contribution is -0.141. The number of hydrogen-bond donors (Lipinski definition) is 1. The fourth-order valence-corrected chi connectivity index (χ4v) is 4.76. The Morgan fingerprint density at radius 2 is 1.78 bits per heavy atom. The summed E-state index contributed by atoms with van der Waals surface area (Å²) in [7, 11) is 0. The van der Waals surface area contributed by atoms with Crippen molar-refractivity contribution in [2.24, 2.45) is 0 Å². The van der Waals surface area contributed by atoms with E-state index in [0.717, 1.165) is 36.8 Å². The molecule has 2 aromatic rings. The van der Waals surface area contributed by atoms with Crippen LogP contribution in [0.5, 0.6) is 0 Å². The van der Waals surface area contributed by atoms with Crippen molar-refractivity contribution in [3.05, 3.63) is 69.7 Å². The normalized spacial score (nSPS) is 15.2. The van der Waals surface area contributed by atoms with Crippen molar-refractivity contribution < 1.29 is 9.59 Å². The Morgan fingerprint density at radius 1 is 1.06 bits per heavy atom. The second-order valence-electron chi connectivity index (χ2n) is 8.56. The van der Waals surface area contributed by atoms with Gasteiger partial charge in [-0.25, -0.2) is 0 Å². The number of carbonyl (C=O) groups excluding carboxylic acids is 2. The quantitative estimate of drug-likeness (QED) is 0.471. The minimum absolute atomic E-state index is 0.0433. The highest BCUT2D eigenvalue weighted by atomic mass is 35.5. The Bertz CT molecular complexity index is 898. The van der Waals surface area contributed by atoms with Crippen LogP contribution in [0.2, 0.25) is 10.0 Å². The van der Waals surface area contributed by atoms with E-state index >= 15 is 0 Å². The minimum atomic E-state index is -0.606. The van der Waals surface area contributed by atoms with Gasteiger partial charge in [-0.15, -0.1) is 0 Å². The lowest BCUT2D eigenvalue weighted by Crippen LogP contribution is -2.52. The van der Waals surface area contributed by atoms with Crippen LogP contribution in [-0.4, -0.2) is 28.8 Å². The molecule has 1 N–H and O–H groups in total. The lowest BCUT2D eigenvalue weighted by Gasteiger charge is -2.33. The van der Waals surface area contributed by atoms with Gasteiger partial charge in [0.25, 0.3) is 0 Å². The highest BCUT2D eigenvalue weighted by molar-refractivity contribution is 6.35. The van der Waals surface area contributed by atoms with Gasteiger partial charge in [0.05, 0.1) is 0 Å². The summed E-state index contributed by atoms with van der Waals surface area (Å²) in [6.07, 6.45) is 7.03. The van der Waals surface area contributed by atoms with E-state index in [0.29, 0.717) is 29.3 Å². The Balaban J connectivity index is 1.90. The summed E-state index contributed by atoms with van der Waals surface area (Å²) in [6, 6.07) is 14.7. The van der Waals surface area contributed by atoms with Gasteiger partial charge in [0.1, 0.15) is 6.04 Å². The number of carbonyl (C=O) groups is 2. The van der Waals surface area contributed by atoms with E-state index in [-0.39, 0.29) is 24.4 Å². The molecule has 0 saturated heterocycles.